The standard InChI is InChI=1S/C30H31NO7/c1-5-37-25-14-9-21(17-19(25)2)28(32)26-27(20-7-6-8-24(18-20)36-4)31(30(34)29(26)33)15-16-38-23-12-10-22(35-3)11-13-23/h6-14,17-18,27,32H,5,15-16H2,1-4H3/b28-26-. The zero-order valence-corrected chi connectivity index (χ0v) is 21.9. The third-order valence-electron chi connectivity index (χ3n) is 6.36. The number of amides is 1. The number of hydrogen-bond donors (Lipinski definition) is 1. The lowest BCUT2D eigenvalue weighted by molar-refractivity contribution is -0.140. The van der Waals surface area contributed by atoms with Crippen molar-refractivity contribution in [1.29, 1.82) is 0 Å². The number of aryl methyl sites for hydroxylation is 1. The molecule has 1 heterocycles. The summed E-state index contributed by atoms with van der Waals surface area (Å²) in [6.45, 7) is 4.52. The van der Waals surface area contributed by atoms with Crippen LogP contribution in [-0.2, 0) is 9.59 Å². The minimum absolute atomic E-state index is 0.0104. The second-order valence-electron chi connectivity index (χ2n) is 8.71. The Bertz CT molecular complexity index is 1350. The number of likely N-dealkylation sites (tertiary alicyclic amines) is 1. The number of benzene rings is 3. The van der Waals surface area contributed by atoms with Crippen molar-refractivity contribution < 1.29 is 33.6 Å². The maximum absolute atomic E-state index is 13.3. The molecule has 1 aliphatic heterocycles. The number of rotatable bonds is 10. The summed E-state index contributed by atoms with van der Waals surface area (Å²) < 4.78 is 22.0. The summed E-state index contributed by atoms with van der Waals surface area (Å²) in [5.74, 6) is 0.840. The highest BCUT2D eigenvalue weighted by molar-refractivity contribution is 6.46. The number of Topliss-reactive ketones (excluding diaryl/α,β-unsaturated/α-hetero) is 1. The molecular weight excluding hydrogens is 486 g/mol. The van der Waals surface area contributed by atoms with Crippen molar-refractivity contribution in [2.24, 2.45) is 0 Å². The monoisotopic (exact) mass is 517 g/mol. The highest BCUT2D eigenvalue weighted by Gasteiger charge is 2.46. The molecule has 0 aromatic heterocycles. The van der Waals surface area contributed by atoms with E-state index >= 15 is 0 Å². The highest BCUT2D eigenvalue weighted by atomic mass is 16.5. The van der Waals surface area contributed by atoms with E-state index in [9.17, 15) is 14.7 Å². The molecule has 4 rings (SSSR count). The molecule has 0 spiro atoms. The second kappa shape index (κ2) is 11.7. The quantitative estimate of drug-likeness (QED) is 0.232. The Labute approximate surface area is 222 Å². The van der Waals surface area contributed by atoms with Crippen molar-refractivity contribution in [3.05, 3.63) is 89.0 Å². The molecule has 0 bridgehead atoms. The molecule has 8 heteroatoms. The molecule has 0 saturated carbocycles. The van der Waals surface area contributed by atoms with Gasteiger partial charge in [0.25, 0.3) is 11.7 Å². The van der Waals surface area contributed by atoms with E-state index in [-0.39, 0.29) is 24.5 Å². The van der Waals surface area contributed by atoms with Crippen molar-refractivity contribution in [3.8, 4) is 23.0 Å². The van der Waals surface area contributed by atoms with Crippen LogP contribution in [-0.4, -0.2) is 55.7 Å². The summed E-state index contributed by atoms with van der Waals surface area (Å²) in [5.41, 5.74) is 1.87. The number of ketones is 1. The predicted octanol–water partition coefficient (Wildman–Crippen LogP) is 4.91. The predicted molar refractivity (Wildman–Crippen MR) is 143 cm³/mol. The smallest absolute Gasteiger partial charge is 0.295 e. The molecule has 1 atom stereocenters. The van der Waals surface area contributed by atoms with Gasteiger partial charge in [-0.25, -0.2) is 0 Å². The third-order valence-corrected chi connectivity index (χ3v) is 6.36. The Hall–Kier alpha value is -4.46. The first-order chi connectivity index (χ1) is 18.4. The van der Waals surface area contributed by atoms with Gasteiger partial charge in [-0.1, -0.05) is 12.1 Å². The average Bonchev–Trinajstić information content (AvgIpc) is 3.19. The molecule has 198 valence electrons. The highest BCUT2D eigenvalue weighted by Crippen LogP contribution is 2.40. The van der Waals surface area contributed by atoms with Crippen LogP contribution < -0.4 is 18.9 Å². The summed E-state index contributed by atoms with van der Waals surface area (Å²) in [5, 5.41) is 11.3. The molecule has 8 nitrogen and oxygen atoms in total. The van der Waals surface area contributed by atoms with Crippen LogP contribution in [0, 0.1) is 6.92 Å². The fraction of sp³-hybridized carbons (Fsp3) is 0.267. The molecule has 0 aliphatic carbocycles. The molecule has 38 heavy (non-hydrogen) atoms. The fourth-order valence-electron chi connectivity index (χ4n) is 4.47. The molecule has 1 amide bonds. The molecule has 1 aliphatic rings. The number of methoxy groups -OCH3 is 2. The topological polar surface area (TPSA) is 94.5 Å². The lowest BCUT2D eigenvalue weighted by Gasteiger charge is -2.25. The minimum atomic E-state index is -0.823. The molecule has 3 aromatic rings. The summed E-state index contributed by atoms with van der Waals surface area (Å²) in [4.78, 5) is 28.0. The van der Waals surface area contributed by atoms with Gasteiger partial charge in [0.1, 0.15) is 35.4 Å². The van der Waals surface area contributed by atoms with Crippen LogP contribution in [0.4, 0.5) is 0 Å². The van der Waals surface area contributed by atoms with E-state index in [1.807, 2.05) is 13.8 Å². The maximum Gasteiger partial charge on any atom is 0.295 e. The van der Waals surface area contributed by atoms with E-state index in [0.717, 1.165) is 5.56 Å². The van der Waals surface area contributed by atoms with Crippen LogP contribution in [0.3, 0.4) is 0 Å². The number of nitrogens with zero attached hydrogens (tertiary/aromatic N) is 1. The average molecular weight is 518 g/mol. The third kappa shape index (κ3) is 5.44. The lowest BCUT2D eigenvalue weighted by Crippen LogP contribution is -2.33. The first-order valence-electron chi connectivity index (χ1n) is 12.3. The van der Waals surface area contributed by atoms with E-state index in [4.69, 9.17) is 18.9 Å². The van der Waals surface area contributed by atoms with Crippen LogP contribution >= 0.6 is 0 Å². The number of aliphatic hydroxyl groups is 1. The Morgan fingerprint density at radius 1 is 0.895 bits per heavy atom. The van der Waals surface area contributed by atoms with Gasteiger partial charge in [-0.15, -0.1) is 0 Å². The van der Waals surface area contributed by atoms with Crippen LogP contribution in [0.2, 0.25) is 0 Å². The van der Waals surface area contributed by atoms with Crippen molar-refractivity contribution >= 4 is 17.4 Å². The number of carbonyl (C=O) groups is 2. The summed E-state index contributed by atoms with van der Waals surface area (Å²) in [7, 11) is 3.13. The number of aliphatic hydroxyl groups excluding tert-OH is 1. The molecule has 1 N–H and O–H groups in total. The Morgan fingerprint density at radius 2 is 1.61 bits per heavy atom. The van der Waals surface area contributed by atoms with E-state index in [0.29, 0.717) is 40.7 Å². The summed E-state index contributed by atoms with van der Waals surface area (Å²) in [6.07, 6.45) is 0. The van der Waals surface area contributed by atoms with Crippen molar-refractivity contribution in [3.63, 3.8) is 0 Å². The number of carbonyl (C=O) groups excluding carboxylic acids is 2. The Kier molecular flexibility index (Phi) is 8.21. The van der Waals surface area contributed by atoms with Gasteiger partial charge in [0.2, 0.25) is 0 Å². The van der Waals surface area contributed by atoms with E-state index in [2.05, 4.69) is 0 Å². The fourth-order valence-corrected chi connectivity index (χ4v) is 4.47. The van der Waals surface area contributed by atoms with E-state index in [1.54, 1.807) is 80.9 Å². The van der Waals surface area contributed by atoms with Crippen LogP contribution in [0.25, 0.3) is 5.76 Å². The molecule has 0 radical (unpaired) electrons. The molecular formula is C30H31NO7. The van der Waals surface area contributed by atoms with Gasteiger partial charge in [0.05, 0.1) is 39.0 Å². The largest absolute Gasteiger partial charge is 0.507 e. The lowest BCUT2D eigenvalue weighted by atomic mass is 9.94. The first-order valence-corrected chi connectivity index (χ1v) is 12.3. The first kappa shape index (κ1) is 26.6. The zero-order chi connectivity index (χ0) is 27.2. The molecule has 1 saturated heterocycles. The summed E-state index contributed by atoms with van der Waals surface area (Å²) >= 11 is 0. The zero-order valence-electron chi connectivity index (χ0n) is 21.9. The van der Waals surface area contributed by atoms with Gasteiger partial charge in [-0.3, -0.25) is 9.59 Å². The van der Waals surface area contributed by atoms with Crippen LogP contribution in [0.5, 0.6) is 23.0 Å². The summed E-state index contributed by atoms with van der Waals surface area (Å²) in [6, 6.07) is 18.5. The van der Waals surface area contributed by atoms with E-state index < -0.39 is 17.7 Å². The maximum atomic E-state index is 13.3. The SMILES string of the molecule is CCOc1ccc(/C(O)=C2/C(=O)C(=O)N(CCOc3ccc(OC)cc3)C2c2cccc(OC)c2)cc1C. The second-order valence-corrected chi connectivity index (χ2v) is 8.71. The van der Waals surface area contributed by atoms with Crippen molar-refractivity contribution in [2.75, 3.05) is 34.0 Å². The van der Waals surface area contributed by atoms with Gasteiger partial charge in [-0.05, 0) is 79.6 Å². The van der Waals surface area contributed by atoms with Gasteiger partial charge >= 0.3 is 0 Å². The Morgan fingerprint density at radius 3 is 2.26 bits per heavy atom. The minimum Gasteiger partial charge on any atom is -0.507 e. The van der Waals surface area contributed by atoms with E-state index in [1.165, 1.54) is 4.90 Å². The number of ether oxygens (including phenoxy) is 4. The Balaban J connectivity index is 1.70. The van der Waals surface area contributed by atoms with Crippen molar-refractivity contribution in [1.82, 2.24) is 4.90 Å². The normalized spacial score (nSPS) is 16.4. The van der Waals surface area contributed by atoms with Gasteiger partial charge in [0, 0.05) is 5.56 Å². The van der Waals surface area contributed by atoms with Gasteiger partial charge in [0.15, 0.2) is 0 Å². The molecule has 1 fully saturated rings. The van der Waals surface area contributed by atoms with Crippen molar-refractivity contribution in [2.45, 2.75) is 19.9 Å². The van der Waals surface area contributed by atoms with Gasteiger partial charge in [-0.2, -0.15) is 0 Å². The molecule has 1 unspecified atom stereocenters. The van der Waals surface area contributed by atoms with Gasteiger partial charge < -0.3 is 29.0 Å². The van der Waals surface area contributed by atoms with Crippen LogP contribution in [0.15, 0.2) is 72.3 Å². The molecule has 3 aromatic carbocycles. The van der Waals surface area contributed by atoms with Crippen LogP contribution in [0.1, 0.15) is 29.7 Å². The number of hydrogen-bond acceptors (Lipinski definition) is 7.